The SMILES string of the molecule is C/C=C/S(=O)(=O)Nc1ccc(C(=O)Nc2ccc(C)c(Nc3nccc(-c4cccnc4)n3)c2)cc1. The summed E-state index contributed by atoms with van der Waals surface area (Å²) in [4.78, 5) is 25.7. The van der Waals surface area contributed by atoms with Crippen LogP contribution in [0.2, 0.25) is 0 Å². The van der Waals surface area contributed by atoms with Crippen LogP contribution in [0, 0.1) is 6.92 Å². The minimum Gasteiger partial charge on any atom is -0.324 e. The number of carbonyl (C=O) groups is 1. The number of benzene rings is 2. The molecule has 9 nitrogen and oxygen atoms in total. The third-order valence-corrected chi connectivity index (χ3v) is 6.23. The quantitative estimate of drug-likeness (QED) is 0.307. The van der Waals surface area contributed by atoms with Gasteiger partial charge in [0.05, 0.1) is 5.69 Å². The second-order valence-electron chi connectivity index (χ2n) is 7.81. The number of nitrogens with one attached hydrogen (secondary N) is 3. The number of amides is 1. The number of aryl methyl sites for hydroxylation is 1. The molecule has 0 bridgehead atoms. The zero-order valence-corrected chi connectivity index (χ0v) is 20.5. The van der Waals surface area contributed by atoms with Gasteiger partial charge in [0.15, 0.2) is 0 Å². The van der Waals surface area contributed by atoms with E-state index < -0.39 is 10.0 Å². The van der Waals surface area contributed by atoms with E-state index in [2.05, 4.69) is 30.3 Å². The third kappa shape index (κ3) is 6.30. The Kier molecular flexibility index (Phi) is 7.36. The van der Waals surface area contributed by atoms with Crippen LogP contribution in [0.1, 0.15) is 22.8 Å². The minimum atomic E-state index is -3.57. The minimum absolute atomic E-state index is 0.331. The maximum atomic E-state index is 12.8. The molecular weight excluding hydrogens is 476 g/mol. The summed E-state index contributed by atoms with van der Waals surface area (Å²) in [7, 11) is -3.57. The lowest BCUT2D eigenvalue weighted by molar-refractivity contribution is 0.102. The number of aromatic nitrogens is 3. The Morgan fingerprint density at radius 2 is 1.75 bits per heavy atom. The monoisotopic (exact) mass is 500 g/mol. The van der Waals surface area contributed by atoms with Gasteiger partial charge in [0.1, 0.15) is 0 Å². The molecule has 36 heavy (non-hydrogen) atoms. The van der Waals surface area contributed by atoms with Gasteiger partial charge in [-0.1, -0.05) is 12.1 Å². The molecule has 0 saturated carbocycles. The molecule has 0 unspecified atom stereocenters. The van der Waals surface area contributed by atoms with Gasteiger partial charge in [0.2, 0.25) is 5.95 Å². The highest BCUT2D eigenvalue weighted by molar-refractivity contribution is 7.95. The van der Waals surface area contributed by atoms with Crippen LogP contribution < -0.4 is 15.4 Å². The highest BCUT2D eigenvalue weighted by Crippen LogP contribution is 2.25. The summed E-state index contributed by atoms with van der Waals surface area (Å²) in [5, 5.41) is 7.14. The van der Waals surface area contributed by atoms with Crippen LogP contribution in [-0.2, 0) is 10.0 Å². The van der Waals surface area contributed by atoms with E-state index in [9.17, 15) is 13.2 Å². The van der Waals surface area contributed by atoms with Gasteiger partial charge < -0.3 is 10.6 Å². The normalized spacial score (nSPS) is 11.3. The first-order valence-corrected chi connectivity index (χ1v) is 12.6. The number of carbonyl (C=O) groups excluding carboxylic acids is 1. The Hall–Kier alpha value is -4.57. The molecular formula is C26H24N6O3S. The van der Waals surface area contributed by atoms with Crippen molar-refractivity contribution < 1.29 is 13.2 Å². The molecule has 0 saturated heterocycles. The fourth-order valence-corrected chi connectivity index (χ4v) is 4.21. The summed E-state index contributed by atoms with van der Waals surface area (Å²) >= 11 is 0. The molecule has 182 valence electrons. The van der Waals surface area contributed by atoms with Crippen molar-refractivity contribution in [2.24, 2.45) is 0 Å². The van der Waals surface area contributed by atoms with E-state index in [1.807, 2.05) is 31.2 Å². The molecule has 1 amide bonds. The summed E-state index contributed by atoms with van der Waals surface area (Å²) in [6.07, 6.45) is 6.53. The molecule has 0 atom stereocenters. The Labute approximate surface area is 209 Å². The van der Waals surface area contributed by atoms with Crippen LogP contribution in [0.15, 0.2) is 90.7 Å². The maximum Gasteiger partial charge on any atom is 0.255 e. The number of rotatable bonds is 8. The number of nitrogens with zero attached hydrogens (tertiary/aromatic N) is 3. The van der Waals surface area contributed by atoms with E-state index in [0.29, 0.717) is 22.9 Å². The molecule has 2 heterocycles. The number of sulfonamides is 1. The summed E-state index contributed by atoms with van der Waals surface area (Å²) in [5.41, 5.74) is 4.62. The zero-order chi connectivity index (χ0) is 25.5. The molecule has 10 heteroatoms. The summed E-state index contributed by atoms with van der Waals surface area (Å²) in [6.45, 7) is 3.55. The van der Waals surface area contributed by atoms with Crippen molar-refractivity contribution in [2.45, 2.75) is 13.8 Å². The van der Waals surface area contributed by atoms with E-state index in [4.69, 9.17) is 0 Å². The van der Waals surface area contributed by atoms with Crippen molar-refractivity contribution >= 4 is 38.9 Å². The van der Waals surface area contributed by atoms with E-state index in [-0.39, 0.29) is 5.91 Å². The van der Waals surface area contributed by atoms with Gasteiger partial charge in [-0.3, -0.25) is 14.5 Å². The lowest BCUT2D eigenvalue weighted by Gasteiger charge is -2.12. The average molecular weight is 501 g/mol. The van der Waals surface area contributed by atoms with Crippen LogP contribution in [-0.4, -0.2) is 29.3 Å². The molecule has 3 N–H and O–H groups in total. The largest absolute Gasteiger partial charge is 0.324 e. The van der Waals surface area contributed by atoms with Gasteiger partial charge in [0, 0.05) is 52.2 Å². The number of hydrogen-bond donors (Lipinski definition) is 3. The van der Waals surface area contributed by atoms with Crippen molar-refractivity contribution in [2.75, 3.05) is 15.4 Å². The molecule has 0 radical (unpaired) electrons. The third-order valence-electron chi connectivity index (χ3n) is 5.08. The lowest BCUT2D eigenvalue weighted by atomic mass is 10.1. The summed E-state index contributed by atoms with van der Waals surface area (Å²) < 4.78 is 26.1. The first-order valence-electron chi connectivity index (χ1n) is 11.0. The fourth-order valence-electron chi connectivity index (χ4n) is 3.32. The molecule has 2 aromatic carbocycles. The topological polar surface area (TPSA) is 126 Å². The van der Waals surface area contributed by atoms with Crippen molar-refractivity contribution in [1.82, 2.24) is 15.0 Å². The van der Waals surface area contributed by atoms with Gasteiger partial charge in [-0.05, 0) is 74.0 Å². The number of allylic oxidation sites excluding steroid dienone is 1. The maximum absolute atomic E-state index is 12.8. The standard InChI is InChI=1S/C26H24N6O3S/c1-3-15-36(34,35)32-21-10-7-19(8-11-21)25(33)29-22-9-6-18(2)24(16-22)31-26-28-14-12-23(30-26)20-5-4-13-27-17-20/h3-17,32H,1-2H3,(H,29,33)(H,28,30,31)/b15-3+. The second-order valence-corrected chi connectivity index (χ2v) is 9.38. The number of pyridine rings is 1. The van der Waals surface area contributed by atoms with Crippen LogP contribution >= 0.6 is 0 Å². The van der Waals surface area contributed by atoms with Gasteiger partial charge in [-0.15, -0.1) is 0 Å². The van der Waals surface area contributed by atoms with Gasteiger partial charge in [-0.2, -0.15) is 0 Å². The van der Waals surface area contributed by atoms with Crippen LogP contribution in [0.25, 0.3) is 11.3 Å². The van der Waals surface area contributed by atoms with Gasteiger partial charge in [-0.25, -0.2) is 18.4 Å². The Bertz CT molecular complexity index is 1500. The van der Waals surface area contributed by atoms with Gasteiger partial charge in [0.25, 0.3) is 15.9 Å². The molecule has 0 aliphatic rings. The molecule has 4 aromatic rings. The van der Waals surface area contributed by atoms with Gasteiger partial charge >= 0.3 is 0 Å². The predicted octanol–water partition coefficient (Wildman–Crippen LogP) is 5.12. The van der Waals surface area contributed by atoms with Crippen molar-refractivity contribution in [3.8, 4) is 11.3 Å². The van der Waals surface area contributed by atoms with Crippen molar-refractivity contribution in [1.29, 1.82) is 0 Å². The van der Waals surface area contributed by atoms with Crippen LogP contribution in [0.4, 0.5) is 23.0 Å². The second kappa shape index (κ2) is 10.8. The number of hydrogen-bond acceptors (Lipinski definition) is 7. The van der Waals surface area contributed by atoms with E-state index >= 15 is 0 Å². The molecule has 0 aliphatic heterocycles. The summed E-state index contributed by atoms with van der Waals surface area (Å²) in [6, 6.07) is 17.2. The van der Waals surface area contributed by atoms with Crippen molar-refractivity contribution in [3.05, 3.63) is 102 Å². The smallest absolute Gasteiger partial charge is 0.255 e. The van der Waals surface area contributed by atoms with Crippen LogP contribution in [0.3, 0.4) is 0 Å². The zero-order valence-electron chi connectivity index (χ0n) is 19.6. The van der Waals surface area contributed by atoms with E-state index in [1.165, 1.54) is 18.2 Å². The predicted molar refractivity (Wildman–Crippen MR) is 141 cm³/mol. The van der Waals surface area contributed by atoms with Crippen molar-refractivity contribution in [3.63, 3.8) is 0 Å². The fraction of sp³-hybridized carbons (Fsp3) is 0.0769. The Morgan fingerprint density at radius 1 is 0.972 bits per heavy atom. The average Bonchev–Trinajstić information content (AvgIpc) is 2.87. The van der Waals surface area contributed by atoms with E-state index in [0.717, 1.165) is 27.9 Å². The van der Waals surface area contributed by atoms with Crippen LogP contribution in [0.5, 0.6) is 0 Å². The molecule has 4 rings (SSSR count). The molecule has 2 aromatic heterocycles. The molecule has 0 spiro atoms. The molecule has 0 aliphatic carbocycles. The Balaban J connectivity index is 1.47. The highest BCUT2D eigenvalue weighted by Gasteiger charge is 2.11. The lowest BCUT2D eigenvalue weighted by Crippen LogP contribution is -2.13. The molecule has 0 fully saturated rings. The summed E-state index contributed by atoms with van der Waals surface area (Å²) in [5.74, 6) is 0.0846. The first-order chi connectivity index (χ1) is 17.3. The first kappa shape index (κ1) is 24.6. The van der Waals surface area contributed by atoms with E-state index in [1.54, 1.807) is 49.8 Å². The number of anilines is 4. The Morgan fingerprint density at radius 3 is 2.47 bits per heavy atom. The highest BCUT2D eigenvalue weighted by atomic mass is 32.2.